The average molecular weight is 316 g/mol. The molecule has 0 bridgehead atoms. The van der Waals surface area contributed by atoms with Crippen LogP contribution in [0.1, 0.15) is 26.4 Å². The van der Waals surface area contributed by atoms with Crippen LogP contribution in [0, 0.1) is 6.92 Å². The number of carbonyl (C=O) groups excluding carboxylic acids is 2. The van der Waals surface area contributed by atoms with Crippen molar-refractivity contribution >= 4 is 17.9 Å². The molecule has 1 amide bonds. The Morgan fingerprint density at radius 1 is 1.04 bits per heavy atom. The number of benzene rings is 2. The van der Waals surface area contributed by atoms with Crippen molar-refractivity contribution in [3.8, 4) is 11.1 Å². The fourth-order valence-electron chi connectivity index (χ4n) is 2.53. The molecule has 4 nitrogen and oxygen atoms in total. The van der Waals surface area contributed by atoms with Gasteiger partial charge in [-0.05, 0) is 41.8 Å². The number of nitrogens with zero attached hydrogens (tertiary/aromatic N) is 1. The van der Waals surface area contributed by atoms with E-state index in [0.29, 0.717) is 11.8 Å². The normalized spacial score (nSPS) is 10.2. The lowest BCUT2D eigenvalue weighted by molar-refractivity contribution is 0.102. The van der Waals surface area contributed by atoms with Crippen LogP contribution in [0.3, 0.4) is 0 Å². The van der Waals surface area contributed by atoms with E-state index in [4.69, 9.17) is 0 Å². The van der Waals surface area contributed by atoms with Crippen LogP contribution in [-0.4, -0.2) is 17.2 Å². The predicted molar refractivity (Wildman–Crippen MR) is 94.2 cm³/mol. The minimum absolute atomic E-state index is 0.212. The lowest BCUT2D eigenvalue weighted by Gasteiger charge is -2.12. The van der Waals surface area contributed by atoms with Crippen molar-refractivity contribution in [1.82, 2.24) is 4.98 Å². The zero-order chi connectivity index (χ0) is 16.9. The van der Waals surface area contributed by atoms with Crippen LogP contribution in [0.2, 0.25) is 0 Å². The molecule has 1 aromatic heterocycles. The summed E-state index contributed by atoms with van der Waals surface area (Å²) in [7, 11) is 0. The van der Waals surface area contributed by atoms with Crippen molar-refractivity contribution in [2.24, 2.45) is 0 Å². The largest absolute Gasteiger partial charge is 0.320 e. The fraction of sp³-hybridized carbons (Fsp3) is 0.0500. The fourth-order valence-corrected chi connectivity index (χ4v) is 2.53. The monoisotopic (exact) mass is 316 g/mol. The molecule has 118 valence electrons. The molecule has 0 unspecified atom stereocenters. The number of rotatable bonds is 4. The first kappa shape index (κ1) is 15.6. The Balaban J connectivity index is 1.90. The van der Waals surface area contributed by atoms with Crippen LogP contribution in [0.25, 0.3) is 11.1 Å². The number of hydrogen-bond acceptors (Lipinski definition) is 3. The van der Waals surface area contributed by atoms with Gasteiger partial charge in [-0.25, -0.2) is 0 Å². The molecule has 4 heteroatoms. The average Bonchev–Trinajstić information content (AvgIpc) is 2.64. The Bertz CT molecular complexity index is 889. The van der Waals surface area contributed by atoms with Gasteiger partial charge in [-0.3, -0.25) is 14.6 Å². The quantitative estimate of drug-likeness (QED) is 0.737. The van der Waals surface area contributed by atoms with Crippen molar-refractivity contribution in [1.29, 1.82) is 0 Å². The Hall–Kier alpha value is -3.27. The number of carbonyl (C=O) groups is 2. The van der Waals surface area contributed by atoms with Crippen LogP contribution < -0.4 is 5.32 Å². The molecule has 0 saturated carbocycles. The van der Waals surface area contributed by atoms with E-state index < -0.39 is 0 Å². The first-order chi connectivity index (χ1) is 11.7. The number of anilines is 1. The minimum atomic E-state index is -0.341. The summed E-state index contributed by atoms with van der Waals surface area (Å²) in [6.45, 7) is 1.97. The van der Waals surface area contributed by atoms with E-state index in [0.717, 1.165) is 22.4 Å². The van der Waals surface area contributed by atoms with E-state index in [1.165, 1.54) is 12.3 Å². The van der Waals surface area contributed by atoms with Gasteiger partial charge in [0.1, 0.15) is 12.0 Å². The van der Waals surface area contributed by atoms with Crippen molar-refractivity contribution in [3.63, 3.8) is 0 Å². The second-order valence-electron chi connectivity index (χ2n) is 5.39. The summed E-state index contributed by atoms with van der Waals surface area (Å²) in [5.74, 6) is -0.341. The van der Waals surface area contributed by atoms with Gasteiger partial charge in [-0.2, -0.15) is 0 Å². The maximum absolute atomic E-state index is 12.4. The zero-order valence-electron chi connectivity index (χ0n) is 13.2. The van der Waals surface area contributed by atoms with Gasteiger partial charge in [0.2, 0.25) is 0 Å². The molecule has 0 fully saturated rings. The summed E-state index contributed by atoms with van der Waals surface area (Å²) in [6, 6.07) is 18.8. The molecule has 0 aliphatic carbocycles. The minimum Gasteiger partial charge on any atom is -0.320 e. The van der Waals surface area contributed by atoms with Gasteiger partial charge in [0, 0.05) is 17.4 Å². The second kappa shape index (κ2) is 6.87. The van der Waals surface area contributed by atoms with Crippen molar-refractivity contribution in [3.05, 3.63) is 83.7 Å². The van der Waals surface area contributed by atoms with E-state index in [9.17, 15) is 9.59 Å². The van der Waals surface area contributed by atoms with Crippen molar-refractivity contribution < 1.29 is 9.59 Å². The highest BCUT2D eigenvalue weighted by Gasteiger charge is 2.12. The molecule has 0 aliphatic heterocycles. The smallest absolute Gasteiger partial charge is 0.274 e. The van der Waals surface area contributed by atoms with Gasteiger partial charge in [-0.1, -0.05) is 42.5 Å². The molecule has 0 aliphatic rings. The molecule has 24 heavy (non-hydrogen) atoms. The number of nitrogens with one attached hydrogen (secondary N) is 1. The zero-order valence-corrected chi connectivity index (χ0v) is 13.2. The molecule has 1 heterocycles. The third kappa shape index (κ3) is 3.22. The highest BCUT2D eigenvalue weighted by molar-refractivity contribution is 6.04. The van der Waals surface area contributed by atoms with Gasteiger partial charge < -0.3 is 5.32 Å². The van der Waals surface area contributed by atoms with E-state index in [-0.39, 0.29) is 11.6 Å². The van der Waals surface area contributed by atoms with Gasteiger partial charge >= 0.3 is 0 Å². The van der Waals surface area contributed by atoms with Crippen molar-refractivity contribution in [2.45, 2.75) is 6.92 Å². The Kier molecular flexibility index (Phi) is 4.47. The Morgan fingerprint density at radius 3 is 2.58 bits per heavy atom. The molecule has 1 N–H and O–H groups in total. The van der Waals surface area contributed by atoms with Gasteiger partial charge in [0.15, 0.2) is 0 Å². The molecular formula is C20H16N2O2. The summed E-state index contributed by atoms with van der Waals surface area (Å²) in [4.78, 5) is 27.3. The SMILES string of the molecule is Cc1c(NC(=O)c2cc(C=O)ccn2)cccc1-c1ccccc1. The highest BCUT2D eigenvalue weighted by Crippen LogP contribution is 2.28. The maximum Gasteiger partial charge on any atom is 0.274 e. The molecule has 0 spiro atoms. The molecule has 0 radical (unpaired) electrons. The molecule has 3 aromatic rings. The first-order valence-electron chi connectivity index (χ1n) is 7.56. The molecule has 0 saturated heterocycles. The van der Waals surface area contributed by atoms with Crippen LogP contribution in [0.5, 0.6) is 0 Å². The van der Waals surface area contributed by atoms with Crippen molar-refractivity contribution in [2.75, 3.05) is 5.32 Å². The summed E-state index contributed by atoms with van der Waals surface area (Å²) in [5, 5.41) is 2.87. The Morgan fingerprint density at radius 2 is 1.83 bits per heavy atom. The maximum atomic E-state index is 12.4. The number of hydrogen-bond donors (Lipinski definition) is 1. The van der Waals surface area contributed by atoms with Gasteiger partial charge in [0.05, 0.1) is 0 Å². The van der Waals surface area contributed by atoms with Crippen LogP contribution in [-0.2, 0) is 0 Å². The predicted octanol–water partition coefficient (Wildman–Crippen LogP) is 4.12. The number of amides is 1. The lowest BCUT2D eigenvalue weighted by Crippen LogP contribution is -2.14. The van der Waals surface area contributed by atoms with E-state index in [2.05, 4.69) is 10.3 Å². The van der Waals surface area contributed by atoms with Crippen LogP contribution in [0.15, 0.2) is 66.9 Å². The Labute approximate surface area is 140 Å². The molecule has 3 rings (SSSR count). The topological polar surface area (TPSA) is 59.1 Å². The molecular weight excluding hydrogens is 300 g/mol. The summed E-state index contributed by atoms with van der Waals surface area (Å²) < 4.78 is 0. The summed E-state index contributed by atoms with van der Waals surface area (Å²) >= 11 is 0. The van der Waals surface area contributed by atoms with E-state index in [1.807, 2.05) is 55.5 Å². The van der Waals surface area contributed by atoms with Crippen LogP contribution >= 0.6 is 0 Å². The first-order valence-corrected chi connectivity index (χ1v) is 7.56. The second-order valence-corrected chi connectivity index (χ2v) is 5.39. The third-order valence-electron chi connectivity index (χ3n) is 3.82. The number of pyridine rings is 1. The van der Waals surface area contributed by atoms with Gasteiger partial charge in [-0.15, -0.1) is 0 Å². The standard InChI is InChI=1S/C20H16N2O2/c1-14-17(16-6-3-2-4-7-16)8-5-9-18(14)22-20(24)19-12-15(13-23)10-11-21-19/h2-13H,1H3,(H,22,24). The third-order valence-corrected chi connectivity index (χ3v) is 3.82. The lowest BCUT2D eigenvalue weighted by atomic mass is 9.99. The van der Waals surface area contributed by atoms with Gasteiger partial charge in [0.25, 0.3) is 5.91 Å². The summed E-state index contributed by atoms with van der Waals surface area (Å²) in [5.41, 5.74) is 4.48. The highest BCUT2D eigenvalue weighted by atomic mass is 16.1. The molecule has 2 aromatic carbocycles. The number of aromatic nitrogens is 1. The molecule has 0 atom stereocenters. The summed E-state index contributed by atoms with van der Waals surface area (Å²) in [6.07, 6.45) is 2.14. The number of aldehydes is 1. The van der Waals surface area contributed by atoms with Crippen LogP contribution in [0.4, 0.5) is 5.69 Å². The van der Waals surface area contributed by atoms with E-state index >= 15 is 0 Å². The van der Waals surface area contributed by atoms with E-state index in [1.54, 1.807) is 6.07 Å².